The molecule has 0 aromatic heterocycles. The first-order chi connectivity index (χ1) is 10.0. The van der Waals surface area contributed by atoms with Gasteiger partial charge < -0.3 is 5.11 Å². The summed E-state index contributed by atoms with van der Waals surface area (Å²) in [6, 6.07) is 14.4. The number of carboxylic acids is 1. The molecule has 0 radical (unpaired) electrons. The highest BCUT2D eigenvalue weighted by molar-refractivity contribution is 5.80. The van der Waals surface area contributed by atoms with Crippen molar-refractivity contribution in [1.29, 1.82) is 0 Å². The summed E-state index contributed by atoms with van der Waals surface area (Å²) < 4.78 is 13.3. The molecule has 0 aliphatic carbocycles. The molecule has 0 fully saturated rings. The lowest BCUT2D eigenvalue weighted by molar-refractivity contribution is -0.131. The predicted octanol–water partition coefficient (Wildman–Crippen LogP) is 4.46. The van der Waals surface area contributed by atoms with Gasteiger partial charge in [-0.1, -0.05) is 42.0 Å². The first kappa shape index (κ1) is 15.0. The third kappa shape index (κ3) is 4.56. The molecule has 1 N–H and O–H groups in total. The van der Waals surface area contributed by atoms with E-state index in [2.05, 4.69) is 0 Å². The van der Waals surface area contributed by atoms with Gasteiger partial charge in [0.1, 0.15) is 5.82 Å². The lowest BCUT2D eigenvalue weighted by Gasteiger charge is -2.06. The number of hydrogen-bond acceptors (Lipinski definition) is 1. The van der Waals surface area contributed by atoms with E-state index in [1.54, 1.807) is 6.07 Å². The van der Waals surface area contributed by atoms with Crippen molar-refractivity contribution in [1.82, 2.24) is 0 Å². The molecule has 2 aromatic rings. The Morgan fingerprint density at radius 2 is 1.81 bits per heavy atom. The number of carboxylic acid groups (broad SMARTS) is 1. The van der Waals surface area contributed by atoms with E-state index in [4.69, 9.17) is 5.11 Å². The van der Waals surface area contributed by atoms with Crippen molar-refractivity contribution in [3.05, 3.63) is 71.6 Å². The molecule has 2 nitrogen and oxygen atoms in total. The second-order valence-electron chi connectivity index (χ2n) is 5.04. The Morgan fingerprint density at radius 3 is 2.48 bits per heavy atom. The summed E-state index contributed by atoms with van der Waals surface area (Å²) in [5.41, 5.74) is 3.75. The highest BCUT2D eigenvalue weighted by Gasteiger charge is 2.02. The minimum absolute atomic E-state index is 0.252. The molecule has 0 heterocycles. The molecule has 3 heteroatoms. The lowest BCUT2D eigenvalue weighted by atomic mass is 9.99. The average Bonchev–Trinajstić information content (AvgIpc) is 2.45. The molecule has 0 bridgehead atoms. The topological polar surface area (TPSA) is 37.3 Å². The zero-order valence-corrected chi connectivity index (χ0v) is 11.8. The molecule has 21 heavy (non-hydrogen) atoms. The second kappa shape index (κ2) is 6.84. The van der Waals surface area contributed by atoms with E-state index in [9.17, 15) is 9.18 Å². The molecule has 2 rings (SSSR count). The van der Waals surface area contributed by atoms with Crippen LogP contribution in [0.15, 0.2) is 60.2 Å². The third-order valence-electron chi connectivity index (χ3n) is 3.26. The Morgan fingerprint density at radius 1 is 1.14 bits per heavy atom. The van der Waals surface area contributed by atoms with Crippen LogP contribution in [-0.4, -0.2) is 11.1 Å². The number of benzene rings is 2. The van der Waals surface area contributed by atoms with Gasteiger partial charge in [0, 0.05) is 6.08 Å². The molecule has 0 saturated heterocycles. The van der Waals surface area contributed by atoms with Crippen molar-refractivity contribution in [3.8, 4) is 11.1 Å². The van der Waals surface area contributed by atoms with Crippen LogP contribution >= 0.6 is 0 Å². The van der Waals surface area contributed by atoms with Gasteiger partial charge in [0.15, 0.2) is 0 Å². The maximum Gasteiger partial charge on any atom is 0.328 e. The maximum absolute atomic E-state index is 13.3. The molecule has 0 aliphatic heterocycles. The average molecular weight is 284 g/mol. The molecule has 0 amide bonds. The van der Waals surface area contributed by atoms with Crippen molar-refractivity contribution < 1.29 is 14.3 Å². The Balaban J connectivity index is 2.13. The van der Waals surface area contributed by atoms with Gasteiger partial charge in [-0.2, -0.15) is 0 Å². The van der Waals surface area contributed by atoms with Crippen LogP contribution in [0.4, 0.5) is 4.39 Å². The molecule has 2 aromatic carbocycles. The number of carbonyl (C=O) groups is 1. The van der Waals surface area contributed by atoms with Gasteiger partial charge in [-0.05, 0) is 48.6 Å². The Hall–Kier alpha value is -2.42. The molecular weight excluding hydrogens is 267 g/mol. The van der Waals surface area contributed by atoms with E-state index in [0.29, 0.717) is 6.42 Å². The summed E-state index contributed by atoms with van der Waals surface area (Å²) in [6.07, 6.45) is 2.69. The number of aliphatic carboxylic acids is 1. The van der Waals surface area contributed by atoms with Gasteiger partial charge >= 0.3 is 5.97 Å². The van der Waals surface area contributed by atoms with E-state index in [-0.39, 0.29) is 5.82 Å². The standard InChI is InChI=1S/C18H17FO2/c1-13(10-18(20)21)8-9-14-4-2-5-15(11-14)16-6-3-7-17(19)12-16/h2-7,10-12H,8-9H2,1H3,(H,20,21)/b13-10+. The Bertz CT molecular complexity index is 674. The minimum atomic E-state index is -0.916. The number of halogens is 1. The summed E-state index contributed by atoms with van der Waals surface area (Å²) in [5, 5.41) is 8.69. The molecule has 0 saturated carbocycles. The van der Waals surface area contributed by atoms with Crippen LogP contribution in [0.5, 0.6) is 0 Å². The second-order valence-corrected chi connectivity index (χ2v) is 5.04. The van der Waals surface area contributed by atoms with Crippen molar-refractivity contribution in [2.45, 2.75) is 19.8 Å². The zero-order chi connectivity index (χ0) is 15.2. The first-order valence-electron chi connectivity index (χ1n) is 6.79. The number of rotatable bonds is 5. The van der Waals surface area contributed by atoms with Crippen molar-refractivity contribution in [2.24, 2.45) is 0 Å². The van der Waals surface area contributed by atoms with E-state index in [0.717, 1.165) is 28.7 Å². The molecule has 108 valence electrons. The van der Waals surface area contributed by atoms with Gasteiger partial charge in [-0.15, -0.1) is 0 Å². The zero-order valence-electron chi connectivity index (χ0n) is 11.8. The van der Waals surface area contributed by atoms with Crippen molar-refractivity contribution in [2.75, 3.05) is 0 Å². The van der Waals surface area contributed by atoms with Crippen LogP contribution in [0.3, 0.4) is 0 Å². The molecule has 0 atom stereocenters. The van der Waals surface area contributed by atoms with Gasteiger partial charge in [-0.25, -0.2) is 9.18 Å². The number of allylic oxidation sites excluding steroid dienone is 1. The quantitative estimate of drug-likeness (QED) is 0.823. The van der Waals surface area contributed by atoms with E-state index >= 15 is 0 Å². The number of hydrogen-bond donors (Lipinski definition) is 1. The lowest BCUT2D eigenvalue weighted by Crippen LogP contribution is -1.93. The summed E-state index contributed by atoms with van der Waals surface area (Å²) >= 11 is 0. The summed E-state index contributed by atoms with van der Waals surface area (Å²) in [7, 11) is 0. The van der Waals surface area contributed by atoms with Crippen LogP contribution < -0.4 is 0 Å². The summed E-state index contributed by atoms with van der Waals surface area (Å²) in [4.78, 5) is 10.6. The first-order valence-corrected chi connectivity index (χ1v) is 6.79. The molecular formula is C18H17FO2. The minimum Gasteiger partial charge on any atom is -0.478 e. The fourth-order valence-electron chi connectivity index (χ4n) is 2.20. The maximum atomic E-state index is 13.3. The predicted molar refractivity (Wildman–Crippen MR) is 81.5 cm³/mol. The van der Waals surface area contributed by atoms with Crippen molar-refractivity contribution >= 4 is 5.97 Å². The Kier molecular flexibility index (Phi) is 4.88. The SMILES string of the molecule is C/C(=C\C(=O)O)CCc1cccc(-c2cccc(F)c2)c1. The smallest absolute Gasteiger partial charge is 0.328 e. The van der Waals surface area contributed by atoms with Crippen molar-refractivity contribution in [3.63, 3.8) is 0 Å². The van der Waals surface area contributed by atoms with E-state index in [1.807, 2.05) is 37.3 Å². The highest BCUT2D eigenvalue weighted by Crippen LogP contribution is 2.22. The highest BCUT2D eigenvalue weighted by atomic mass is 19.1. The van der Waals surface area contributed by atoms with Gasteiger partial charge in [0.25, 0.3) is 0 Å². The molecule has 0 unspecified atom stereocenters. The van der Waals surface area contributed by atoms with Crippen LogP contribution in [-0.2, 0) is 11.2 Å². The Labute approximate surface area is 123 Å². The van der Waals surface area contributed by atoms with Crippen LogP contribution in [0, 0.1) is 5.82 Å². The van der Waals surface area contributed by atoms with Gasteiger partial charge in [-0.3, -0.25) is 0 Å². The van der Waals surface area contributed by atoms with Crippen LogP contribution in [0.25, 0.3) is 11.1 Å². The van der Waals surface area contributed by atoms with Gasteiger partial charge in [0.2, 0.25) is 0 Å². The van der Waals surface area contributed by atoms with Crippen LogP contribution in [0.1, 0.15) is 18.9 Å². The van der Waals surface area contributed by atoms with E-state index in [1.165, 1.54) is 18.2 Å². The third-order valence-corrected chi connectivity index (χ3v) is 3.26. The largest absolute Gasteiger partial charge is 0.478 e. The summed E-state index contributed by atoms with van der Waals surface area (Å²) in [5.74, 6) is -1.17. The van der Waals surface area contributed by atoms with Crippen LogP contribution in [0.2, 0.25) is 0 Å². The normalized spacial score (nSPS) is 11.4. The van der Waals surface area contributed by atoms with E-state index < -0.39 is 5.97 Å². The van der Waals surface area contributed by atoms with Gasteiger partial charge in [0.05, 0.1) is 0 Å². The monoisotopic (exact) mass is 284 g/mol. The fraction of sp³-hybridized carbons (Fsp3) is 0.167. The molecule has 0 aliphatic rings. The molecule has 0 spiro atoms. The number of aryl methyl sites for hydroxylation is 1. The summed E-state index contributed by atoms with van der Waals surface area (Å²) in [6.45, 7) is 1.81. The fourth-order valence-corrected chi connectivity index (χ4v) is 2.20.